The van der Waals surface area contributed by atoms with E-state index < -0.39 is 127 Å². The van der Waals surface area contributed by atoms with Crippen LogP contribution in [-0.4, -0.2) is 0 Å². The first-order chi connectivity index (χ1) is 30.1. The fourth-order valence-electron chi connectivity index (χ4n) is 2.19. The summed E-state index contributed by atoms with van der Waals surface area (Å²) in [7, 11) is -1.55. The van der Waals surface area contributed by atoms with E-state index in [0.29, 0.717) is 0 Å². The van der Waals surface area contributed by atoms with Crippen molar-refractivity contribution in [2.75, 3.05) is 0 Å². The summed E-state index contributed by atoms with van der Waals surface area (Å²) >= 11 is 285. The van der Waals surface area contributed by atoms with Gasteiger partial charge in [-0.2, -0.15) is 0 Å². The molecule has 0 saturated carbocycles. The third-order valence-electron chi connectivity index (χ3n) is 5.61. The van der Waals surface area contributed by atoms with Gasteiger partial charge in [0.25, 0.3) is 0 Å². The fraction of sp³-hybridized carbons (Fsp3) is 0. The lowest BCUT2D eigenvalue weighted by molar-refractivity contribution is 4.96. The SMILES string of the molecule is S=[P+]([S-])S(=S)(=S)S(=S)(=S)S(=S)(=S)S(=S)(=S)S(=S)(=S)S(=S)(=S)S(=S)(=S)S(=S)(=S)S(=S)(=S)S(=S)(=S)S(=S)(=S)S(=S)(=S)S(=S)(=S)S(=S)(=S)S(=S)(=S)S(=S)(=S)S(=S)(=S)S(=S)(=S)S(=S)(=S)S(=S)(=S)S(=S)(=S)S(=S)(=S)[S-](=S)=S. The van der Waals surface area contributed by atoms with Crippen LogP contribution in [0.25, 0.3) is 0 Å². The maximum absolute atomic E-state index is 6.13. The summed E-state index contributed by atoms with van der Waals surface area (Å²) in [6.45, 7) is 0. The van der Waals surface area contributed by atoms with E-state index in [1.807, 2.05) is 0 Å². The number of hydrogen-bond acceptors (Lipinski definition) is 49. The van der Waals surface area contributed by atoms with Crippen molar-refractivity contribution < 1.29 is 0 Å². The highest BCUT2D eigenvalue weighted by molar-refractivity contribution is 9.81. The second kappa shape index (κ2) is 28.9. The summed E-state index contributed by atoms with van der Waals surface area (Å²) in [4.78, 5) is 0. The molecular formula is PS71-. The number of rotatable bonds is 23. The topological polar surface area (TPSA) is 0 Å². The molecule has 72 heteroatoms. The van der Waals surface area contributed by atoms with Gasteiger partial charge in [0.2, 0.25) is 0 Å². The maximum Gasteiger partial charge on any atom is 0.148 e. The highest BCUT2D eigenvalue weighted by atomic mass is 34.5. The molecule has 1 unspecified atom stereocenters. The van der Waals surface area contributed by atoms with Gasteiger partial charge >= 0.3 is 0 Å². The Bertz CT molecular complexity index is 5250. The molecule has 0 heterocycles. The van der Waals surface area contributed by atoms with Crippen molar-refractivity contribution in [2.45, 2.75) is 0 Å². The quantitative estimate of drug-likeness (QED) is 0.0801. The first kappa shape index (κ1) is 91.0. The van der Waals surface area contributed by atoms with Crippen LogP contribution in [0, 0.1) is 0 Å². The highest BCUT2D eigenvalue weighted by Crippen LogP contribution is 2.46. The summed E-state index contributed by atoms with van der Waals surface area (Å²) in [5, 5.41) is -81.6. The van der Waals surface area contributed by atoms with Crippen LogP contribution in [0.5, 0.6) is 0 Å². The smallest absolute Gasteiger partial charge is 0.148 e. The molecule has 0 aliphatic carbocycles. The van der Waals surface area contributed by atoms with Crippen molar-refractivity contribution in [2.24, 2.45) is 0 Å². The van der Waals surface area contributed by atoms with E-state index in [0.717, 1.165) is 0 Å². The van der Waals surface area contributed by atoms with Crippen LogP contribution in [0.15, 0.2) is 0 Å². The second-order valence-electron chi connectivity index (χ2n) is 9.43. The van der Waals surface area contributed by atoms with Gasteiger partial charge in [0.1, 0.15) is 22.7 Å². The van der Waals surface area contributed by atoms with Gasteiger partial charge < -0.3 is 12.2 Å². The Hall–Kier alpha value is 19.0. The number of hydrogen-bond donors (Lipinski definition) is 0. The molecule has 0 rings (SSSR count). The van der Waals surface area contributed by atoms with E-state index in [-0.39, 0.29) is 0 Å². The van der Waals surface area contributed by atoms with Crippen LogP contribution in [0.4, 0.5) is 0 Å². The maximum atomic E-state index is 6.13. The monoisotopic (exact) mass is 2300 g/mol. The normalized spacial score (nSPS) is 16.9. The lowest BCUT2D eigenvalue weighted by Crippen LogP contribution is -2.40. The lowest BCUT2D eigenvalue weighted by Gasteiger charge is -2.37. The Morgan fingerprint density at radius 2 is 0.292 bits per heavy atom. The molecule has 0 aromatic heterocycles. The average Bonchev–Trinajstić information content (AvgIpc) is 3.15. The van der Waals surface area contributed by atoms with Gasteiger partial charge in [0.15, 0.2) is 0 Å². The van der Waals surface area contributed by atoms with Gasteiger partial charge in [-0.1, -0.05) is 27.6 Å². The van der Waals surface area contributed by atoms with E-state index >= 15 is 0 Å². The first-order valence-corrected chi connectivity index (χ1v) is 107. The van der Waals surface area contributed by atoms with Gasteiger partial charge in [-0.3, -0.25) is 7.05 Å². The third kappa shape index (κ3) is 14.3. The molecule has 0 aromatic carbocycles. The molecule has 0 saturated heterocycles. The molecule has 0 aliphatic heterocycles. The van der Waals surface area contributed by atoms with Gasteiger partial charge in [0.05, 0.1) is 5.21 Å². The zero-order chi connectivity index (χ0) is 60.2. The largest absolute Gasteiger partial charge is 0.463 e. The van der Waals surface area contributed by atoms with E-state index in [2.05, 4.69) is 0 Å². The van der Waals surface area contributed by atoms with Crippen LogP contribution in [0.1, 0.15) is 0 Å². The Morgan fingerprint density at radius 3 is 0.389 bits per heavy atom. The Balaban J connectivity index is 8.63. The summed E-state index contributed by atoms with van der Waals surface area (Å²) in [6.07, 6.45) is 0. The van der Waals surface area contributed by atoms with Crippen molar-refractivity contribution in [3.8, 4) is 0 Å². The minimum Gasteiger partial charge on any atom is -0.463 e. The van der Waals surface area contributed by atoms with Crippen molar-refractivity contribution >= 4 is 666 Å². The molecule has 0 radical (unpaired) electrons. The molecule has 1 atom stereocenters. The van der Waals surface area contributed by atoms with Gasteiger partial charge in [-0.15, -0.1) is 0 Å². The molecule has 72 heavy (non-hydrogen) atoms. The highest BCUT2D eigenvalue weighted by Gasteiger charge is 2.48. The van der Waals surface area contributed by atoms with Crippen molar-refractivity contribution in [3.05, 3.63) is 0 Å². The first-order valence-electron chi connectivity index (χ1n) is 11.9. The molecule has 0 fully saturated rings. The molecule has 0 spiro atoms. The van der Waals surface area contributed by atoms with E-state index in [9.17, 15) is 0 Å². The van der Waals surface area contributed by atoms with Gasteiger partial charge in [-0.05, 0) is 448 Å². The Kier molecular flexibility index (Phi) is 36.6. The summed E-state index contributed by atoms with van der Waals surface area (Å²) in [5.41, 5.74) is 0. The average molecular weight is 2310 g/mol. The third-order valence-corrected chi connectivity index (χ3v) is 454. The Labute approximate surface area is 646 Å². The summed E-state index contributed by atoms with van der Waals surface area (Å²) in [6, 6.07) is 0. The van der Waals surface area contributed by atoms with Crippen molar-refractivity contribution in [1.29, 1.82) is 0 Å². The molecule has 0 aromatic rings. The molecule has 0 bridgehead atoms. The second-order valence-corrected chi connectivity index (χ2v) is 255. The van der Waals surface area contributed by atoms with Gasteiger partial charge in [-0.25, -0.2) is 22.4 Å². The molecular weight excluding hydrogens is 2310 g/mol. The van der Waals surface area contributed by atoms with E-state index in [4.69, 9.17) is 539 Å². The molecule has 0 amide bonds. The van der Waals surface area contributed by atoms with Crippen LogP contribution in [-0.2, 0) is 661 Å². The predicted octanol–water partition coefficient (Wildman–Crippen LogP) is 0.691. The van der Waals surface area contributed by atoms with Crippen LogP contribution in [0.3, 0.4) is 0 Å². The van der Waals surface area contributed by atoms with Crippen molar-refractivity contribution in [1.82, 2.24) is 0 Å². The molecule has 0 nitrogen and oxygen atoms in total. The van der Waals surface area contributed by atoms with Crippen LogP contribution in [0.2, 0.25) is 0 Å². The zero-order valence-electron chi connectivity index (χ0n) is 29.4. The molecule has 432 valence electrons. The summed E-state index contributed by atoms with van der Waals surface area (Å²) < 4.78 is 0. The predicted molar refractivity (Wildman–Crippen MR) is 530 cm³/mol. The van der Waals surface area contributed by atoms with Gasteiger partial charge in [0, 0.05) is 121 Å². The fourth-order valence-corrected chi connectivity index (χ4v) is 531. The van der Waals surface area contributed by atoms with E-state index in [1.165, 1.54) is 0 Å². The zero-order valence-corrected chi connectivity index (χ0v) is 88.3. The Morgan fingerprint density at radius 1 is 0.194 bits per heavy atom. The van der Waals surface area contributed by atoms with Crippen molar-refractivity contribution in [3.63, 3.8) is 0 Å². The van der Waals surface area contributed by atoms with Crippen LogP contribution >= 0.6 is 5.10 Å². The minimum atomic E-state index is -4.02. The minimum absolute atomic E-state index is 1.55. The standard InChI is InChI=1S/PS71/c2-1(3)51(6,7)53(10,11)55(14,15)57(18,19)59(22,23)61(26,27)63(30,31)65(34,35)67(38,39)69(42,43)71(46,47)72(48,49)70(44,45)68(40,41)66(36,37)64(32,33)62(28,29)60(24,25)58(20,21)56(16,17)54(12,13)52(8,9)50(4)5/q-1. The van der Waals surface area contributed by atoms with E-state index in [1.54, 1.807) is 0 Å². The lowest BCUT2D eigenvalue weighted by atomic mass is 29.6. The van der Waals surface area contributed by atoms with Crippen LogP contribution < -0.4 is 0 Å². The molecule has 0 N–H and O–H groups in total. The molecule has 0 aliphatic rings. The summed E-state index contributed by atoms with van der Waals surface area (Å²) in [5.74, 6) is -3.06.